The van der Waals surface area contributed by atoms with Crippen LogP contribution in [0.5, 0.6) is 0 Å². The molecule has 0 radical (unpaired) electrons. The van der Waals surface area contributed by atoms with Gasteiger partial charge in [0.2, 0.25) is 5.60 Å². The minimum atomic E-state index is -1.70. The summed E-state index contributed by atoms with van der Waals surface area (Å²) in [4.78, 5) is 13.3. The number of carbonyl (C=O) groups is 1. The molecule has 0 bridgehead atoms. The van der Waals surface area contributed by atoms with Gasteiger partial charge in [-0.3, -0.25) is 0 Å². The fraction of sp³-hybridized carbons (Fsp3) is 0.240. The molecule has 1 aliphatic rings. The van der Waals surface area contributed by atoms with Gasteiger partial charge in [0.25, 0.3) is 0 Å². The molecule has 1 heterocycles. The summed E-state index contributed by atoms with van der Waals surface area (Å²) in [5.74, 6) is -1.05. The average molecular weight is 388 g/mol. The van der Waals surface area contributed by atoms with Crippen LogP contribution in [-0.4, -0.2) is 18.2 Å². The van der Waals surface area contributed by atoms with Crippen molar-refractivity contribution >= 4 is 5.97 Å². The first-order valence-electron chi connectivity index (χ1n) is 9.70. The summed E-state index contributed by atoms with van der Waals surface area (Å²) in [6.45, 7) is 1.91. The summed E-state index contributed by atoms with van der Waals surface area (Å²) in [5, 5.41) is 12.3. The average Bonchev–Trinajstić information content (AvgIpc) is 3.04. The number of esters is 1. The Morgan fingerprint density at radius 2 is 1.34 bits per heavy atom. The van der Waals surface area contributed by atoms with Crippen molar-refractivity contribution < 1.29 is 19.4 Å². The monoisotopic (exact) mass is 388 g/mol. The minimum Gasteiger partial charge on any atom is -0.467 e. The second-order valence-corrected chi connectivity index (χ2v) is 7.41. The molecule has 1 saturated heterocycles. The molecule has 0 aliphatic carbocycles. The van der Waals surface area contributed by atoms with Crippen LogP contribution in [0.25, 0.3) is 0 Å². The Kier molecular flexibility index (Phi) is 4.99. The van der Waals surface area contributed by atoms with E-state index in [4.69, 9.17) is 9.47 Å². The fourth-order valence-electron chi connectivity index (χ4n) is 4.51. The Balaban J connectivity index is 2.01. The topological polar surface area (TPSA) is 55.8 Å². The van der Waals surface area contributed by atoms with Gasteiger partial charge in [0.05, 0.1) is 13.2 Å². The quantitative estimate of drug-likeness (QED) is 0.675. The Labute approximate surface area is 170 Å². The maximum Gasteiger partial charge on any atom is 0.346 e. The number of hydrogen-bond donors (Lipinski definition) is 1. The van der Waals surface area contributed by atoms with E-state index in [0.29, 0.717) is 11.1 Å². The van der Waals surface area contributed by atoms with Gasteiger partial charge in [-0.05, 0) is 16.7 Å². The minimum absolute atomic E-state index is 0.424. The molecule has 1 N–H and O–H groups in total. The highest BCUT2D eigenvalue weighted by molar-refractivity contribution is 5.84. The van der Waals surface area contributed by atoms with Gasteiger partial charge < -0.3 is 14.6 Å². The molecule has 4 nitrogen and oxygen atoms in total. The van der Waals surface area contributed by atoms with Gasteiger partial charge in [-0.2, -0.15) is 0 Å². The number of rotatable bonds is 4. The van der Waals surface area contributed by atoms with Crippen molar-refractivity contribution in [1.82, 2.24) is 0 Å². The van der Waals surface area contributed by atoms with Crippen LogP contribution >= 0.6 is 0 Å². The lowest BCUT2D eigenvalue weighted by atomic mass is 9.68. The van der Waals surface area contributed by atoms with Gasteiger partial charge >= 0.3 is 5.97 Å². The second-order valence-electron chi connectivity index (χ2n) is 7.41. The molecule has 4 atom stereocenters. The Bertz CT molecular complexity index is 973. The first kappa shape index (κ1) is 19.4. The van der Waals surface area contributed by atoms with Gasteiger partial charge in [0, 0.05) is 5.92 Å². The van der Waals surface area contributed by atoms with Crippen molar-refractivity contribution in [2.75, 3.05) is 7.11 Å². The molecular weight excluding hydrogens is 364 g/mol. The molecule has 29 heavy (non-hydrogen) atoms. The zero-order valence-electron chi connectivity index (χ0n) is 16.5. The van der Waals surface area contributed by atoms with E-state index in [1.165, 1.54) is 7.11 Å². The van der Waals surface area contributed by atoms with Gasteiger partial charge in [0.15, 0.2) is 0 Å². The predicted octanol–water partition coefficient (Wildman–Crippen LogP) is 4.35. The largest absolute Gasteiger partial charge is 0.467 e. The molecule has 4 rings (SSSR count). The summed E-state index contributed by atoms with van der Waals surface area (Å²) in [7, 11) is 1.32. The van der Waals surface area contributed by atoms with Crippen molar-refractivity contribution in [3.63, 3.8) is 0 Å². The maximum atomic E-state index is 13.3. The van der Waals surface area contributed by atoms with Crippen LogP contribution in [0.3, 0.4) is 0 Å². The molecule has 3 aromatic carbocycles. The Morgan fingerprint density at radius 1 is 0.862 bits per heavy atom. The predicted molar refractivity (Wildman–Crippen MR) is 110 cm³/mol. The molecular formula is C25H24O4. The van der Waals surface area contributed by atoms with E-state index < -0.39 is 29.2 Å². The van der Waals surface area contributed by atoms with E-state index in [1.807, 2.05) is 85.8 Å². The van der Waals surface area contributed by atoms with E-state index in [-0.39, 0.29) is 0 Å². The molecule has 3 aromatic rings. The number of benzene rings is 3. The first-order valence-corrected chi connectivity index (χ1v) is 9.70. The second kappa shape index (κ2) is 7.47. The lowest BCUT2D eigenvalue weighted by Crippen LogP contribution is -2.54. The zero-order chi connectivity index (χ0) is 20.5. The molecule has 0 saturated carbocycles. The number of methoxy groups -OCH3 is 1. The third-order valence-corrected chi connectivity index (χ3v) is 5.95. The summed E-state index contributed by atoms with van der Waals surface area (Å²) < 4.78 is 11.7. The third kappa shape index (κ3) is 2.79. The van der Waals surface area contributed by atoms with E-state index >= 15 is 0 Å². The van der Waals surface area contributed by atoms with E-state index in [0.717, 1.165) is 5.56 Å². The van der Waals surface area contributed by atoms with Crippen LogP contribution in [0.1, 0.15) is 29.7 Å². The SMILES string of the molecule is COC(=O)[C@@]1(c2ccccc2)O[C@H](c2ccccc2)[C@H](C)[C@]1(O)c1ccccc1. The van der Waals surface area contributed by atoms with Crippen LogP contribution in [-0.2, 0) is 25.5 Å². The summed E-state index contributed by atoms with van der Waals surface area (Å²) >= 11 is 0. The van der Waals surface area contributed by atoms with Crippen LogP contribution < -0.4 is 0 Å². The van der Waals surface area contributed by atoms with E-state index in [9.17, 15) is 9.90 Å². The number of carbonyl (C=O) groups excluding carboxylic acids is 1. The molecule has 0 aromatic heterocycles. The van der Waals surface area contributed by atoms with Gasteiger partial charge in [-0.1, -0.05) is 97.9 Å². The van der Waals surface area contributed by atoms with Crippen molar-refractivity contribution in [2.24, 2.45) is 5.92 Å². The lowest BCUT2D eigenvalue weighted by Gasteiger charge is -2.40. The van der Waals surface area contributed by atoms with Crippen LogP contribution in [0, 0.1) is 5.92 Å². The van der Waals surface area contributed by atoms with Crippen LogP contribution in [0.2, 0.25) is 0 Å². The van der Waals surface area contributed by atoms with Crippen molar-refractivity contribution in [1.29, 1.82) is 0 Å². The highest BCUT2D eigenvalue weighted by Crippen LogP contribution is 2.60. The highest BCUT2D eigenvalue weighted by atomic mass is 16.6. The molecule has 0 amide bonds. The molecule has 4 heteroatoms. The van der Waals surface area contributed by atoms with Crippen molar-refractivity contribution in [3.8, 4) is 0 Å². The molecule has 0 unspecified atom stereocenters. The standard InChI is InChI=1S/C25H24O4/c1-18-22(19-12-6-3-7-13-19)29-25(23(26)28-2,21-16-10-5-11-17-21)24(18,27)20-14-8-4-9-15-20/h3-18,22,27H,1-2H3/t18-,22-,24-,25+/m0/s1. The number of aliphatic hydroxyl groups is 1. The van der Waals surface area contributed by atoms with E-state index in [2.05, 4.69) is 0 Å². The zero-order valence-corrected chi connectivity index (χ0v) is 16.5. The van der Waals surface area contributed by atoms with Crippen molar-refractivity contribution in [2.45, 2.75) is 24.2 Å². The first-order chi connectivity index (χ1) is 14.1. The normalized spacial score (nSPS) is 28.8. The van der Waals surface area contributed by atoms with Crippen LogP contribution in [0.4, 0.5) is 0 Å². The van der Waals surface area contributed by atoms with Crippen molar-refractivity contribution in [3.05, 3.63) is 108 Å². The third-order valence-electron chi connectivity index (χ3n) is 5.95. The number of hydrogen-bond acceptors (Lipinski definition) is 4. The lowest BCUT2D eigenvalue weighted by molar-refractivity contribution is -0.197. The highest BCUT2D eigenvalue weighted by Gasteiger charge is 2.70. The summed E-state index contributed by atoms with van der Waals surface area (Å²) in [6, 6.07) is 28.0. The molecule has 148 valence electrons. The molecule has 1 aliphatic heterocycles. The Morgan fingerprint density at radius 3 is 1.86 bits per heavy atom. The van der Waals surface area contributed by atoms with Gasteiger partial charge in [-0.15, -0.1) is 0 Å². The van der Waals surface area contributed by atoms with Crippen LogP contribution in [0.15, 0.2) is 91.0 Å². The number of ether oxygens (including phenoxy) is 2. The summed E-state index contributed by atoms with van der Waals surface area (Å²) in [6.07, 6.45) is -0.499. The Hall–Kier alpha value is -2.95. The smallest absolute Gasteiger partial charge is 0.346 e. The van der Waals surface area contributed by atoms with Gasteiger partial charge in [-0.25, -0.2) is 4.79 Å². The fourth-order valence-corrected chi connectivity index (χ4v) is 4.51. The molecule has 1 fully saturated rings. The maximum absolute atomic E-state index is 13.3. The molecule has 0 spiro atoms. The van der Waals surface area contributed by atoms with Gasteiger partial charge in [0.1, 0.15) is 5.60 Å². The van der Waals surface area contributed by atoms with E-state index in [1.54, 1.807) is 12.1 Å². The summed E-state index contributed by atoms with van der Waals surface area (Å²) in [5.41, 5.74) is -1.27.